The van der Waals surface area contributed by atoms with Crippen molar-refractivity contribution in [3.05, 3.63) is 12.2 Å². The molecule has 0 radical (unpaired) electrons. The van der Waals surface area contributed by atoms with Crippen molar-refractivity contribution in [2.75, 3.05) is 6.61 Å². The molecule has 2 atom stereocenters. The van der Waals surface area contributed by atoms with Crippen LogP contribution < -0.4 is 0 Å². The molecule has 66 valence electrons. The van der Waals surface area contributed by atoms with E-state index in [-0.39, 0.29) is 5.78 Å². The van der Waals surface area contributed by atoms with Gasteiger partial charge in [-0.3, -0.25) is 4.79 Å². The third-order valence-electron chi connectivity index (χ3n) is 2.81. The van der Waals surface area contributed by atoms with Crippen molar-refractivity contribution in [2.24, 2.45) is 5.92 Å². The normalized spacial score (nSPS) is 36.3. The first-order valence-corrected chi connectivity index (χ1v) is 4.55. The standard InChI is InChI=1S/C10H14O2/c1-7-2-3-10-8(4-7)5-9(11)6-12-10/h8,10H,1-6H2. The van der Waals surface area contributed by atoms with E-state index >= 15 is 0 Å². The molecule has 2 heteroatoms. The van der Waals surface area contributed by atoms with Gasteiger partial charge in [-0.05, 0) is 25.2 Å². The van der Waals surface area contributed by atoms with Gasteiger partial charge in [0.05, 0.1) is 6.10 Å². The van der Waals surface area contributed by atoms with Crippen LogP contribution in [-0.4, -0.2) is 18.5 Å². The highest BCUT2D eigenvalue weighted by Gasteiger charge is 2.33. The summed E-state index contributed by atoms with van der Waals surface area (Å²) in [5.74, 6) is 0.693. The molecule has 12 heavy (non-hydrogen) atoms. The molecule has 1 aliphatic carbocycles. The molecule has 2 nitrogen and oxygen atoms in total. The number of ketones is 1. The number of Topliss-reactive ketones (excluding diaryl/α,β-unsaturated/α-hetero) is 1. The molecule has 0 N–H and O–H groups in total. The molecule has 0 bridgehead atoms. The van der Waals surface area contributed by atoms with E-state index in [1.165, 1.54) is 5.57 Å². The van der Waals surface area contributed by atoms with E-state index in [2.05, 4.69) is 6.58 Å². The second kappa shape index (κ2) is 3.02. The smallest absolute Gasteiger partial charge is 0.158 e. The number of hydrogen-bond acceptors (Lipinski definition) is 2. The molecule has 0 aromatic rings. The number of carbonyl (C=O) groups is 1. The molecule has 0 amide bonds. The molecular formula is C10H14O2. The fraction of sp³-hybridized carbons (Fsp3) is 0.700. The van der Waals surface area contributed by atoms with Crippen molar-refractivity contribution in [1.82, 2.24) is 0 Å². The molecule has 0 aromatic carbocycles. The van der Waals surface area contributed by atoms with Gasteiger partial charge in [-0.25, -0.2) is 0 Å². The summed E-state index contributed by atoms with van der Waals surface area (Å²) >= 11 is 0. The molecule has 1 saturated heterocycles. The van der Waals surface area contributed by atoms with Crippen LogP contribution in [0.2, 0.25) is 0 Å². The lowest BCUT2D eigenvalue weighted by molar-refractivity contribution is -0.137. The van der Waals surface area contributed by atoms with Crippen molar-refractivity contribution >= 4 is 5.78 Å². The summed E-state index contributed by atoms with van der Waals surface area (Å²) in [6.07, 6.45) is 4.19. The summed E-state index contributed by atoms with van der Waals surface area (Å²) in [6.45, 7) is 4.30. The summed E-state index contributed by atoms with van der Waals surface area (Å²) in [7, 11) is 0. The Hall–Kier alpha value is -0.630. The number of fused-ring (bicyclic) bond motifs is 1. The molecule has 2 fully saturated rings. The van der Waals surface area contributed by atoms with Gasteiger partial charge in [-0.15, -0.1) is 0 Å². The summed E-state index contributed by atoms with van der Waals surface area (Å²) in [5, 5.41) is 0. The highest BCUT2D eigenvalue weighted by molar-refractivity contribution is 5.80. The summed E-state index contributed by atoms with van der Waals surface area (Å²) in [5.41, 5.74) is 1.29. The van der Waals surface area contributed by atoms with Gasteiger partial charge in [0.2, 0.25) is 0 Å². The maximum Gasteiger partial charge on any atom is 0.158 e. The first-order valence-electron chi connectivity index (χ1n) is 4.55. The van der Waals surface area contributed by atoms with Crippen LogP contribution in [-0.2, 0) is 9.53 Å². The molecule has 1 saturated carbocycles. The zero-order chi connectivity index (χ0) is 8.55. The van der Waals surface area contributed by atoms with Crippen LogP contribution in [0.3, 0.4) is 0 Å². The third kappa shape index (κ3) is 1.44. The molecular weight excluding hydrogens is 152 g/mol. The van der Waals surface area contributed by atoms with E-state index < -0.39 is 0 Å². The van der Waals surface area contributed by atoms with Gasteiger partial charge in [0.15, 0.2) is 5.78 Å². The van der Waals surface area contributed by atoms with Gasteiger partial charge in [0, 0.05) is 6.42 Å². The second-order valence-corrected chi connectivity index (χ2v) is 3.85. The predicted molar refractivity (Wildman–Crippen MR) is 45.8 cm³/mol. The van der Waals surface area contributed by atoms with Crippen LogP contribution in [0.15, 0.2) is 12.2 Å². The maximum absolute atomic E-state index is 11.1. The Bertz CT molecular complexity index is 198. The lowest BCUT2D eigenvalue weighted by Crippen LogP contribution is -2.37. The van der Waals surface area contributed by atoms with E-state index in [0.29, 0.717) is 25.0 Å². The minimum atomic E-state index is 0.256. The maximum atomic E-state index is 11.1. The first-order chi connectivity index (χ1) is 5.75. The van der Waals surface area contributed by atoms with Gasteiger partial charge < -0.3 is 4.74 Å². The summed E-state index contributed by atoms with van der Waals surface area (Å²) in [4.78, 5) is 11.1. The Kier molecular flexibility index (Phi) is 2.01. The van der Waals surface area contributed by atoms with Crippen LogP contribution >= 0.6 is 0 Å². The van der Waals surface area contributed by atoms with Crippen molar-refractivity contribution in [1.29, 1.82) is 0 Å². The zero-order valence-electron chi connectivity index (χ0n) is 7.21. The minimum Gasteiger partial charge on any atom is -0.370 e. The monoisotopic (exact) mass is 166 g/mol. The van der Waals surface area contributed by atoms with Gasteiger partial charge >= 0.3 is 0 Å². The quantitative estimate of drug-likeness (QED) is 0.512. The first kappa shape index (κ1) is 7.99. The Labute approximate surface area is 72.6 Å². The molecule has 2 unspecified atom stereocenters. The van der Waals surface area contributed by atoms with Crippen LogP contribution in [0.25, 0.3) is 0 Å². The molecule has 2 rings (SSSR count). The van der Waals surface area contributed by atoms with Crippen LogP contribution in [0.5, 0.6) is 0 Å². The Balaban J connectivity index is 2.03. The zero-order valence-corrected chi connectivity index (χ0v) is 7.21. The molecule has 2 aliphatic rings. The van der Waals surface area contributed by atoms with Crippen molar-refractivity contribution < 1.29 is 9.53 Å². The number of hydrogen-bond donors (Lipinski definition) is 0. The van der Waals surface area contributed by atoms with E-state index in [4.69, 9.17) is 4.74 Å². The number of carbonyl (C=O) groups excluding carboxylic acids is 1. The largest absolute Gasteiger partial charge is 0.370 e. The Morgan fingerprint density at radius 1 is 1.42 bits per heavy atom. The number of rotatable bonds is 0. The third-order valence-corrected chi connectivity index (χ3v) is 2.81. The van der Waals surface area contributed by atoms with E-state index in [0.717, 1.165) is 19.3 Å². The average Bonchev–Trinajstić information content (AvgIpc) is 2.03. The van der Waals surface area contributed by atoms with Gasteiger partial charge in [-0.1, -0.05) is 12.2 Å². The van der Waals surface area contributed by atoms with Crippen molar-refractivity contribution in [2.45, 2.75) is 31.8 Å². The molecule has 1 aliphatic heterocycles. The average molecular weight is 166 g/mol. The second-order valence-electron chi connectivity index (χ2n) is 3.85. The SMILES string of the molecule is C=C1CCC2OCC(=O)CC2C1. The summed E-state index contributed by atoms with van der Waals surface area (Å²) in [6, 6.07) is 0. The molecule has 1 heterocycles. The number of ether oxygens (including phenoxy) is 1. The van der Waals surface area contributed by atoms with E-state index in [1.807, 2.05) is 0 Å². The molecule has 0 spiro atoms. The van der Waals surface area contributed by atoms with Gasteiger partial charge in [0.1, 0.15) is 6.61 Å². The lowest BCUT2D eigenvalue weighted by Gasteiger charge is -2.35. The topological polar surface area (TPSA) is 26.3 Å². The summed E-state index contributed by atoms with van der Waals surface area (Å²) < 4.78 is 5.45. The fourth-order valence-corrected chi connectivity index (χ4v) is 2.16. The van der Waals surface area contributed by atoms with Crippen molar-refractivity contribution in [3.63, 3.8) is 0 Å². The van der Waals surface area contributed by atoms with Gasteiger partial charge in [0.25, 0.3) is 0 Å². The van der Waals surface area contributed by atoms with Crippen LogP contribution in [0.4, 0.5) is 0 Å². The van der Waals surface area contributed by atoms with Gasteiger partial charge in [-0.2, -0.15) is 0 Å². The fourth-order valence-electron chi connectivity index (χ4n) is 2.16. The minimum absolute atomic E-state index is 0.256. The highest BCUT2D eigenvalue weighted by Crippen LogP contribution is 2.34. The molecule has 0 aromatic heterocycles. The van der Waals surface area contributed by atoms with Crippen LogP contribution in [0.1, 0.15) is 25.7 Å². The lowest BCUT2D eigenvalue weighted by atomic mass is 9.79. The Morgan fingerprint density at radius 2 is 2.25 bits per heavy atom. The Morgan fingerprint density at radius 3 is 3.08 bits per heavy atom. The van der Waals surface area contributed by atoms with E-state index in [1.54, 1.807) is 0 Å². The van der Waals surface area contributed by atoms with E-state index in [9.17, 15) is 4.79 Å². The predicted octanol–water partition coefficient (Wildman–Crippen LogP) is 1.70. The number of allylic oxidation sites excluding steroid dienone is 1. The van der Waals surface area contributed by atoms with Crippen LogP contribution in [0, 0.1) is 5.92 Å². The highest BCUT2D eigenvalue weighted by atomic mass is 16.5. The van der Waals surface area contributed by atoms with Crippen molar-refractivity contribution in [3.8, 4) is 0 Å².